The topological polar surface area (TPSA) is 0 Å². The van der Waals surface area contributed by atoms with Crippen molar-refractivity contribution in [2.24, 2.45) is 0 Å². The average molecular weight is 787 g/mol. The number of fused-ring (bicyclic) bond motifs is 4. The smallest absolute Gasteiger partial charge is 1.00 e. The van der Waals surface area contributed by atoms with E-state index in [9.17, 15) is 0 Å². The van der Waals surface area contributed by atoms with E-state index < -0.39 is 0 Å². The molecule has 0 saturated carbocycles. The summed E-state index contributed by atoms with van der Waals surface area (Å²) in [5.74, 6) is 1.13. The maximum absolute atomic E-state index is 2.36. The molecule has 0 spiro atoms. The van der Waals surface area contributed by atoms with Gasteiger partial charge in [-0.1, -0.05) is 136 Å². The molecule has 8 aromatic rings. The summed E-state index contributed by atoms with van der Waals surface area (Å²) in [4.78, 5) is 0. The summed E-state index contributed by atoms with van der Waals surface area (Å²) >= 11 is 1.74. The quantitative estimate of drug-likeness (QED) is 0.126. The van der Waals surface area contributed by atoms with Crippen LogP contribution in [0.1, 0.15) is 50.7 Å². The molecule has 0 amide bonds. The predicted molar refractivity (Wildman–Crippen MR) is 211 cm³/mol. The van der Waals surface area contributed by atoms with Crippen molar-refractivity contribution in [1.29, 1.82) is 0 Å². The Balaban J connectivity index is 0.000000196. The minimum atomic E-state index is 0. The molecule has 0 unspecified atom stereocenters. The number of rotatable bonds is 4. The number of benzene rings is 6. The van der Waals surface area contributed by atoms with Crippen molar-refractivity contribution in [1.82, 2.24) is 0 Å². The van der Waals surface area contributed by atoms with E-state index in [1.165, 1.54) is 76.5 Å². The normalized spacial score (nSPS) is 10.8. The molecule has 0 atom stereocenters. The van der Waals surface area contributed by atoms with E-state index in [1.54, 1.807) is 23.3 Å². The average Bonchev–Trinajstić information content (AvgIpc) is 3.74. The van der Waals surface area contributed by atoms with E-state index in [1.807, 2.05) is 0 Å². The molecule has 0 aliphatic carbocycles. The Labute approximate surface area is 325 Å². The minimum Gasteiger partial charge on any atom is -1.00 e. The second-order valence-electron chi connectivity index (χ2n) is 13.6. The van der Waals surface area contributed by atoms with Crippen molar-refractivity contribution in [2.45, 2.75) is 52.6 Å². The molecule has 0 fully saturated rings. The summed E-state index contributed by atoms with van der Waals surface area (Å²) in [7, 11) is 0. The fourth-order valence-corrected chi connectivity index (χ4v) is 6.57. The Hall–Kier alpha value is -3.26. The van der Waals surface area contributed by atoms with Crippen molar-refractivity contribution < 1.29 is 48.1 Å². The first-order valence-electron chi connectivity index (χ1n) is 17.1. The molecule has 0 aromatic heterocycles. The second kappa shape index (κ2) is 17.8. The zero-order chi connectivity index (χ0) is 33.8. The first-order chi connectivity index (χ1) is 23.2. The standard InChI is InChI=1S/2C22H19.C2H6Si.2ClH.Zr/c2*1-15(2)18-13-17-9-6-12-21(22(17)14-18)20-11-5-8-16-7-3-4-10-19(16)20;1-3-2;;;/h2*3-15H,1-2H3;1-2H3;2*1H;/q2*-1;;;;+2/p-2. The molecule has 0 N–H and O–H groups in total. The molecule has 0 aliphatic heterocycles. The van der Waals surface area contributed by atoms with Crippen molar-refractivity contribution in [3.05, 3.63) is 157 Å². The van der Waals surface area contributed by atoms with Gasteiger partial charge < -0.3 is 24.8 Å². The van der Waals surface area contributed by atoms with Crippen LogP contribution in [-0.2, 0) is 23.3 Å². The Kier molecular flexibility index (Phi) is 14.1. The van der Waals surface area contributed by atoms with Gasteiger partial charge in [0.2, 0.25) is 0 Å². The molecule has 252 valence electrons. The molecule has 0 bridgehead atoms. The summed E-state index contributed by atoms with van der Waals surface area (Å²) in [6.07, 6.45) is 0. The second-order valence-corrected chi connectivity index (χ2v) is 22.9. The van der Waals surface area contributed by atoms with E-state index >= 15 is 0 Å². The zero-order valence-electron chi connectivity index (χ0n) is 29.8. The van der Waals surface area contributed by atoms with E-state index in [0.717, 1.165) is 0 Å². The maximum atomic E-state index is 2.36. The van der Waals surface area contributed by atoms with Crippen LogP contribution in [0.25, 0.3) is 65.3 Å². The van der Waals surface area contributed by atoms with Crippen LogP contribution < -0.4 is 24.8 Å². The fourth-order valence-electron chi connectivity index (χ4n) is 6.57. The first-order valence-corrected chi connectivity index (χ1v) is 23.3. The molecule has 8 aromatic carbocycles. The van der Waals surface area contributed by atoms with Crippen molar-refractivity contribution >= 4 is 48.5 Å². The third-order valence-electron chi connectivity index (χ3n) is 9.04. The van der Waals surface area contributed by atoms with Gasteiger partial charge in [-0.3, -0.25) is 0 Å². The number of hydrogen-bond donors (Lipinski definition) is 0. The van der Waals surface area contributed by atoms with Gasteiger partial charge >= 0.3 is 41.9 Å². The molecular weight excluding hydrogens is 743 g/mol. The number of halogens is 2. The minimum absolute atomic E-state index is 0. The summed E-state index contributed by atoms with van der Waals surface area (Å²) < 4.78 is 0. The fraction of sp³-hybridized carbons (Fsp3) is 0.174. The van der Waals surface area contributed by atoms with Crippen LogP contribution in [0.5, 0.6) is 0 Å². The van der Waals surface area contributed by atoms with Crippen molar-refractivity contribution in [3.63, 3.8) is 0 Å². The molecule has 50 heavy (non-hydrogen) atoms. The van der Waals surface area contributed by atoms with Gasteiger partial charge in [-0.05, 0) is 44.5 Å². The first kappa shape index (κ1) is 39.5. The van der Waals surface area contributed by atoms with E-state index in [-0.39, 0.29) is 30.2 Å². The molecule has 0 saturated heterocycles. The zero-order valence-corrected chi connectivity index (χ0v) is 34.7. The molecule has 0 nitrogen and oxygen atoms in total. The monoisotopic (exact) mass is 784 g/mol. The molecule has 0 heterocycles. The van der Waals surface area contributed by atoms with E-state index in [2.05, 4.69) is 186 Å². The molecule has 0 radical (unpaired) electrons. The van der Waals surface area contributed by atoms with Crippen LogP contribution in [-0.4, -0.2) is 5.43 Å². The molecule has 0 aliphatic rings. The van der Waals surface area contributed by atoms with Gasteiger partial charge in [0, 0.05) is 0 Å². The van der Waals surface area contributed by atoms with Crippen LogP contribution >= 0.6 is 0 Å². The van der Waals surface area contributed by atoms with E-state index in [0.29, 0.717) is 11.8 Å². The summed E-state index contributed by atoms with van der Waals surface area (Å²) in [6, 6.07) is 53.0. The van der Waals surface area contributed by atoms with Gasteiger partial charge in [0.15, 0.2) is 0 Å². The Morgan fingerprint density at radius 3 is 1.10 bits per heavy atom. The Bertz CT molecular complexity index is 2180. The van der Waals surface area contributed by atoms with Crippen LogP contribution in [0.4, 0.5) is 0 Å². The van der Waals surface area contributed by atoms with E-state index in [4.69, 9.17) is 0 Å². The molecular formula is C46H44Cl2SiZr-2. The van der Waals surface area contributed by atoms with Gasteiger partial charge in [-0.2, -0.15) is 12.1 Å². The maximum Gasteiger partial charge on any atom is -1.00 e. The Morgan fingerprint density at radius 2 is 0.740 bits per heavy atom. The SMILES string of the molecule is CC(C)c1cc2c(-c3cccc4ccccc34)cccc2[cH-]1.CC(C)c1cc2c(-c3cccc4ccccc34)cccc2[cH-]1.C[Si](C)=[Zr+2].[Cl-].[Cl-]. The van der Waals surface area contributed by atoms with Crippen molar-refractivity contribution in [2.75, 3.05) is 0 Å². The van der Waals surface area contributed by atoms with Crippen LogP contribution in [0, 0.1) is 0 Å². The van der Waals surface area contributed by atoms with Crippen molar-refractivity contribution in [3.8, 4) is 22.3 Å². The largest absolute Gasteiger partial charge is 1.00 e. The van der Waals surface area contributed by atoms with Crippen LogP contribution in [0.3, 0.4) is 0 Å². The van der Waals surface area contributed by atoms with Gasteiger partial charge in [0.1, 0.15) is 0 Å². The van der Waals surface area contributed by atoms with Gasteiger partial charge in [-0.15, -0.1) is 69.1 Å². The third-order valence-corrected chi connectivity index (χ3v) is 9.04. The van der Waals surface area contributed by atoms with Crippen LogP contribution in [0.2, 0.25) is 13.1 Å². The molecule has 4 heteroatoms. The van der Waals surface area contributed by atoms with Gasteiger partial charge in [-0.25, -0.2) is 0 Å². The van der Waals surface area contributed by atoms with Gasteiger partial charge in [0.25, 0.3) is 0 Å². The predicted octanol–water partition coefficient (Wildman–Crippen LogP) is 7.80. The number of hydrogen-bond acceptors (Lipinski definition) is 0. The molecule has 8 rings (SSSR count). The van der Waals surface area contributed by atoms with Gasteiger partial charge in [0.05, 0.1) is 0 Å². The third kappa shape index (κ3) is 8.78. The summed E-state index contributed by atoms with van der Waals surface area (Å²) in [6.45, 7) is 13.6. The summed E-state index contributed by atoms with van der Waals surface area (Å²) in [5.41, 5.74) is 8.36. The van der Waals surface area contributed by atoms with Crippen LogP contribution in [0.15, 0.2) is 146 Å². The Morgan fingerprint density at radius 1 is 0.440 bits per heavy atom. The summed E-state index contributed by atoms with van der Waals surface area (Å²) in [5, 5.41) is 10.7.